The van der Waals surface area contributed by atoms with Gasteiger partial charge in [-0.2, -0.15) is 5.10 Å². The van der Waals surface area contributed by atoms with Crippen LogP contribution in [0.2, 0.25) is 0 Å². The Bertz CT molecular complexity index is 1020. The van der Waals surface area contributed by atoms with Crippen molar-refractivity contribution in [3.63, 3.8) is 0 Å². The van der Waals surface area contributed by atoms with Crippen molar-refractivity contribution in [1.82, 2.24) is 14.7 Å². The summed E-state index contributed by atoms with van der Waals surface area (Å²) >= 11 is 0. The van der Waals surface area contributed by atoms with E-state index >= 15 is 0 Å². The fourth-order valence-electron chi connectivity index (χ4n) is 3.92. The van der Waals surface area contributed by atoms with E-state index in [1.54, 1.807) is 7.11 Å². The Morgan fingerprint density at radius 3 is 2.32 bits per heavy atom. The molecule has 0 saturated carbocycles. The molecule has 0 aliphatic heterocycles. The minimum Gasteiger partial charge on any atom is -0.493 e. The number of benzene rings is 2. The average Bonchev–Trinajstić information content (AvgIpc) is 3.13. The van der Waals surface area contributed by atoms with Gasteiger partial charge in [0.15, 0.2) is 11.5 Å². The molecule has 34 heavy (non-hydrogen) atoms. The first-order valence-electron chi connectivity index (χ1n) is 11.9. The van der Waals surface area contributed by atoms with Gasteiger partial charge in [0.2, 0.25) is 5.88 Å². The molecule has 0 radical (unpaired) electrons. The highest BCUT2D eigenvalue weighted by atomic mass is 16.5. The van der Waals surface area contributed by atoms with Gasteiger partial charge in [-0.15, -0.1) is 0 Å². The third kappa shape index (κ3) is 6.82. The van der Waals surface area contributed by atoms with Crippen molar-refractivity contribution in [2.75, 3.05) is 33.4 Å². The Balaban J connectivity index is 2.00. The zero-order chi connectivity index (χ0) is 24.5. The second-order valence-electron chi connectivity index (χ2n) is 8.77. The highest BCUT2D eigenvalue weighted by Crippen LogP contribution is 2.36. The van der Waals surface area contributed by atoms with Crippen LogP contribution in [0.25, 0.3) is 5.69 Å². The van der Waals surface area contributed by atoms with E-state index in [0.717, 1.165) is 23.5 Å². The van der Waals surface area contributed by atoms with Crippen LogP contribution in [-0.2, 0) is 11.3 Å². The number of nitrogens with zero attached hydrogens (tertiary/aromatic N) is 3. The van der Waals surface area contributed by atoms with Gasteiger partial charge in [0, 0.05) is 26.2 Å². The van der Waals surface area contributed by atoms with Crippen LogP contribution in [0.1, 0.15) is 32.0 Å². The summed E-state index contributed by atoms with van der Waals surface area (Å²) in [5.74, 6) is 2.34. The minimum atomic E-state index is -0.568. The van der Waals surface area contributed by atoms with Crippen LogP contribution >= 0.6 is 0 Å². The summed E-state index contributed by atoms with van der Waals surface area (Å²) in [7, 11) is 1.63. The minimum absolute atomic E-state index is 0.317. The lowest BCUT2D eigenvalue weighted by Crippen LogP contribution is -2.37. The van der Waals surface area contributed by atoms with Crippen molar-refractivity contribution in [3.05, 3.63) is 65.9 Å². The molecule has 7 heteroatoms. The number of ether oxygens (including phenoxy) is 3. The van der Waals surface area contributed by atoms with E-state index < -0.39 is 6.10 Å². The van der Waals surface area contributed by atoms with Crippen molar-refractivity contribution < 1.29 is 19.3 Å². The van der Waals surface area contributed by atoms with Crippen LogP contribution in [-0.4, -0.2) is 59.3 Å². The second-order valence-corrected chi connectivity index (χ2v) is 8.77. The first-order valence-corrected chi connectivity index (χ1v) is 11.9. The standard InChI is InChI=1S/C27H37N3O4/c1-6-33-19-23(31)17-29(16-20(2)3)18-24-21(4)28-30(22-12-8-7-9-13-22)27(24)34-26-15-11-10-14-25(26)32-5/h7-15,20,23,31H,6,16-19H2,1-5H3. The maximum atomic E-state index is 10.5. The Kier molecular flexibility index (Phi) is 9.51. The molecule has 0 bridgehead atoms. The third-order valence-electron chi connectivity index (χ3n) is 5.40. The largest absolute Gasteiger partial charge is 0.493 e. The van der Waals surface area contributed by atoms with Gasteiger partial charge in [-0.05, 0) is 44.0 Å². The predicted molar refractivity (Wildman–Crippen MR) is 134 cm³/mol. The van der Waals surface area contributed by atoms with E-state index in [9.17, 15) is 5.11 Å². The van der Waals surface area contributed by atoms with E-state index in [4.69, 9.17) is 19.3 Å². The van der Waals surface area contributed by atoms with E-state index in [-0.39, 0.29) is 0 Å². The van der Waals surface area contributed by atoms with Crippen LogP contribution in [0.15, 0.2) is 54.6 Å². The maximum Gasteiger partial charge on any atom is 0.227 e. The van der Waals surface area contributed by atoms with E-state index in [2.05, 4.69) is 18.7 Å². The lowest BCUT2D eigenvalue weighted by atomic mass is 10.1. The Labute approximate surface area is 202 Å². The van der Waals surface area contributed by atoms with Gasteiger partial charge in [0.05, 0.1) is 36.8 Å². The summed E-state index contributed by atoms with van der Waals surface area (Å²) < 4.78 is 19.3. The zero-order valence-electron chi connectivity index (χ0n) is 20.9. The normalized spacial score (nSPS) is 12.4. The summed E-state index contributed by atoms with van der Waals surface area (Å²) in [4.78, 5) is 2.24. The lowest BCUT2D eigenvalue weighted by Gasteiger charge is -2.27. The molecule has 2 aromatic carbocycles. The molecule has 0 spiro atoms. The fraction of sp³-hybridized carbons (Fsp3) is 0.444. The zero-order valence-corrected chi connectivity index (χ0v) is 20.9. The number of hydrogen-bond donors (Lipinski definition) is 1. The molecule has 3 rings (SSSR count). The van der Waals surface area contributed by atoms with Crippen molar-refractivity contribution in [2.24, 2.45) is 5.92 Å². The molecule has 3 aromatic rings. The number of para-hydroxylation sites is 3. The van der Waals surface area contributed by atoms with Crippen LogP contribution < -0.4 is 9.47 Å². The third-order valence-corrected chi connectivity index (χ3v) is 5.40. The number of aromatic nitrogens is 2. The van der Waals surface area contributed by atoms with Crippen LogP contribution in [0.3, 0.4) is 0 Å². The Morgan fingerprint density at radius 2 is 1.68 bits per heavy atom. The summed E-state index contributed by atoms with van der Waals surface area (Å²) in [6.45, 7) is 11.1. The van der Waals surface area contributed by atoms with Gasteiger partial charge in [-0.25, -0.2) is 4.68 Å². The van der Waals surface area contributed by atoms with Gasteiger partial charge in [0.1, 0.15) is 0 Å². The first-order chi connectivity index (χ1) is 16.4. The Morgan fingerprint density at radius 1 is 1.00 bits per heavy atom. The molecular formula is C27H37N3O4. The molecule has 0 amide bonds. The molecule has 1 N–H and O–H groups in total. The second kappa shape index (κ2) is 12.6. The van der Waals surface area contributed by atoms with Crippen molar-refractivity contribution >= 4 is 0 Å². The molecule has 0 saturated heterocycles. The number of rotatable bonds is 13. The van der Waals surface area contributed by atoms with Gasteiger partial charge in [-0.1, -0.05) is 44.2 Å². The number of aliphatic hydroxyl groups excluding tert-OH is 1. The summed E-state index contributed by atoms with van der Waals surface area (Å²) in [6, 6.07) is 17.5. The molecule has 184 valence electrons. The van der Waals surface area contributed by atoms with Crippen molar-refractivity contribution in [2.45, 2.75) is 40.3 Å². The topological polar surface area (TPSA) is 69.0 Å². The summed E-state index contributed by atoms with van der Waals surface area (Å²) in [5.41, 5.74) is 2.76. The van der Waals surface area contributed by atoms with Gasteiger partial charge in [-0.3, -0.25) is 4.90 Å². The number of aliphatic hydroxyl groups is 1. The van der Waals surface area contributed by atoms with Crippen molar-refractivity contribution in [1.29, 1.82) is 0 Å². The first kappa shape index (κ1) is 25.7. The highest BCUT2D eigenvalue weighted by Gasteiger charge is 2.24. The Hall–Kier alpha value is -2.87. The molecule has 0 aliphatic rings. The molecule has 7 nitrogen and oxygen atoms in total. The van der Waals surface area contributed by atoms with Crippen molar-refractivity contribution in [3.8, 4) is 23.1 Å². The summed E-state index contributed by atoms with van der Waals surface area (Å²) in [6.07, 6.45) is -0.568. The molecule has 1 heterocycles. The average molecular weight is 468 g/mol. The highest BCUT2D eigenvalue weighted by molar-refractivity contribution is 5.47. The predicted octanol–water partition coefficient (Wildman–Crippen LogP) is 4.84. The summed E-state index contributed by atoms with van der Waals surface area (Å²) in [5, 5.41) is 15.4. The molecule has 1 atom stereocenters. The van der Waals surface area contributed by atoms with Gasteiger partial charge < -0.3 is 19.3 Å². The smallest absolute Gasteiger partial charge is 0.227 e. The lowest BCUT2D eigenvalue weighted by molar-refractivity contribution is 0.0173. The van der Waals surface area contributed by atoms with Gasteiger partial charge in [0.25, 0.3) is 0 Å². The molecule has 0 fully saturated rings. The number of methoxy groups -OCH3 is 1. The van der Waals surface area contributed by atoms with E-state index in [1.165, 1.54) is 0 Å². The van der Waals surface area contributed by atoms with Crippen LogP contribution in [0.5, 0.6) is 17.4 Å². The SMILES string of the molecule is CCOCC(O)CN(Cc1c(C)nn(-c2ccccc2)c1Oc1ccccc1OC)CC(C)C. The van der Waals surface area contributed by atoms with E-state index in [0.29, 0.717) is 49.6 Å². The number of aryl methyl sites for hydroxylation is 1. The monoisotopic (exact) mass is 467 g/mol. The number of hydrogen-bond acceptors (Lipinski definition) is 6. The maximum absolute atomic E-state index is 10.5. The van der Waals surface area contributed by atoms with Crippen LogP contribution in [0.4, 0.5) is 0 Å². The molecular weight excluding hydrogens is 430 g/mol. The molecule has 0 aliphatic carbocycles. The van der Waals surface area contributed by atoms with E-state index in [1.807, 2.05) is 73.1 Å². The molecule has 1 aromatic heterocycles. The van der Waals surface area contributed by atoms with Crippen LogP contribution in [0, 0.1) is 12.8 Å². The fourth-order valence-corrected chi connectivity index (χ4v) is 3.92. The van der Waals surface area contributed by atoms with Gasteiger partial charge >= 0.3 is 0 Å². The quantitative estimate of drug-likeness (QED) is 0.388. The molecule has 1 unspecified atom stereocenters.